The van der Waals surface area contributed by atoms with Gasteiger partial charge in [0, 0.05) is 27.4 Å². The number of benzene rings is 3. The molecule has 0 fully saturated rings. The lowest BCUT2D eigenvalue weighted by Gasteiger charge is -2.17. The molecule has 5 rings (SSSR count). The molecule has 1 aliphatic rings. The normalized spacial score (nSPS) is 12.7. The molecule has 0 unspecified atom stereocenters. The summed E-state index contributed by atoms with van der Waals surface area (Å²) in [7, 11) is 1.58. The van der Waals surface area contributed by atoms with Gasteiger partial charge in [-0.3, -0.25) is 19.5 Å². The molecule has 168 valence electrons. The molecule has 0 atom stereocenters. The van der Waals surface area contributed by atoms with E-state index in [-0.39, 0.29) is 18.4 Å². The molecule has 0 N–H and O–H groups in total. The second kappa shape index (κ2) is 8.93. The van der Waals surface area contributed by atoms with Gasteiger partial charge < -0.3 is 4.74 Å². The zero-order chi connectivity index (χ0) is 23.8. The van der Waals surface area contributed by atoms with Crippen LogP contribution in [0.5, 0.6) is 5.75 Å². The minimum absolute atomic E-state index is 0.109. The summed E-state index contributed by atoms with van der Waals surface area (Å²) in [6, 6.07) is 21.5. The van der Waals surface area contributed by atoms with E-state index in [0.29, 0.717) is 32.6 Å². The second-order valence-corrected chi connectivity index (χ2v) is 8.71. The zero-order valence-corrected chi connectivity index (χ0v) is 19.6. The molecule has 4 aromatic rings. The summed E-state index contributed by atoms with van der Waals surface area (Å²) >= 11 is 12.3. The van der Waals surface area contributed by atoms with Crippen molar-refractivity contribution in [3.8, 4) is 28.1 Å². The van der Waals surface area contributed by atoms with E-state index in [4.69, 9.17) is 32.9 Å². The first-order valence-electron chi connectivity index (χ1n) is 10.5. The van der Waals surface area contributed by atoms with Crippen LogP contribution in [0.3, 0.4) is 0 Å². The SMILES string of the molecule is COc1cc(Cl)ccc1-c1ncc(CN2C(=O)c3ccccc3C2=O)cc1-c1ccc(Cl)cc1. The van der Waals surface area contributed by atoms with Gasteiger partial charge in [0.15, 0.2) is 0 Å². The van der Waals surface area contributed by atoms with Gasteiger partial charge in [-0.25, -0.2) is 0 Å². The molecule has 0 aliphatic carbocycles. The number of carbonyl (C=O) groups excluding carboxylic acids is 2. The lowest BCUT2D eigenvalue weighted by Crippen LogP contribution is -2.29. The average Bonchev–Trinajstić information content (AvgIpc) is 3.09. The monoisotopic (exact) mass is 488 g/mol. The number of nitrogens with zero attached hydrogens (tertiary/aromatic N) is 2. The Morgan fingerprint density at radius 2 is 1.44 bits per heavy atom. The summed E-state index contributed by atoms with van der Waals surface area (Å²) in [6.45, 7) is 0.109. The number of hydrogen-bond acceptors (Lipinski definition) is 4. The first kappa shape index (κ1) is 22.1. The largest absolute Gasteiger partial charge is 0.496 e. The van der Waals surface area contributed by atoms with Gasteiger partial charge in [0.25, 0.3) is 11.8 Å². The predicted molar refractivity (Wildman–Crippen MR) is 132 cm³/mol. The molecule has 1 aromatic heterocycles. The number of halogens is 2. The van der Waals surface area contributed by atoms with Crippen molar-refractivity contribution in [2.45, 2.75) is 6.54 Å². The molecule has 1 aliphatic heterocycles. The van der Waals surface area contributed by atoms with Crippen LogP contribution in [0.4, 0.5) is 0 Å². The maximum Gasteiger partial charge on any atom is 0.261 e. The minimum Gasteiger partial charge on any atom is -0.496 e. The standard InChI is InChI=1S/C27H18Cl2N2O3/c1-34-24-13-19(29)10-11-22(24)25-23(17-6-8-18(28)9-7-17)12-16(14-30-25)15-31-26(32)20-4-2-3-5-21(20)27(31)33/h2-14H,15H2,1H3. The molecule has 34 heavy (non-hydrogen) atoms. The molecule has 2 heterocycles. The summed E-state index contributed by atoms with van der Waals surface area (Å²) in [5, 5.41) is 1.17. The maximum absolute atomic E-state index is 12.8. The van der Waals surface area contributed by atoms with E-state index < -0.39 is 0 Å². The fourth-order valence-corrected chi connectivity index (χ4v) is 4.37. The molecule has 0 bridgehead atoms. The third kappa shape index (κ3) is 3.94. The Morgan fingerprint density at radius 3 is 2.09 bits per heavy atom. The van der Waals surface area contributed by atoms with Gasteiger partial charge in [-0.05, 0) is 59.7 Å². The molecule has 7 heteroatoms. The number of carbonyl (C=O) groups is 2. The maximum atomic E-state index is 12.8. The summed E-state index contributed by atoms with van der Waals surface area (Å²) in [5.74, 6) is -0.0301. The quantitative estimate of drug-likeness (QED) is 0.299. The van der Waals surface area contributed by atoms with Gasteiger partial charge in [-0.15, -0.1) is 0 Å². The van der Waals surface area contributed by atoms with E-state index in [1.54, 1.807) is 61.8 Å². The molecule has 0 saturated heterocycles. The van der Waals surface area contributed by atoms with Gasteiger partial charge in [0.1, 0.15) is 5.75 Å². The average molecular weight is 489 g/mol. The van der Waals surface area contributed by atoms with E-state index in [1.165, 1.54) is 4.90 Å². The number of amides is 2. The van der Waals surface area contributed by atoms with E-state index in [2.05, 4.69) is 0 Å². The Labute approximate surface area is 206 Å². The Bertz CT molecular complexity index is 1400. The van der Waals surface area contributed by atoms with Crippen LogP contribution in [0, 0.1) is 0 Å². The van der Waals surface area contributed by atoms with Crippen LogP contribution in [0.2, 0.25) is 10.0 Å². The first-order chi connectivity index (χ1) is 16.5. The number of hydrogen-bond donors (Lipinski definition) is 0. The summed E-state index contributed by atoms with van der Waals surface area (Å²) < 4.78 is 5.55. The van der Waals surface area contributed by atoms with Crippen LogP contribution in [0.25, 0.3) is 22.4 Å². The molecule has 0 saturated carbocycles. The van der Waals surface area contributed by atoms with Crippen LogP contribution in [-0.2, 0) is 6.54 Å². The zero-order valence-electron chi connectivity index (χ0n) is 18.1. The molecule has 0 radical (unpaired) electrons. The van der Waals surface area contributed by atoms with Crippen molar-refractivity contribution in [1.29, 1.82) is 0 Å². The third-order valence-corrected chi connectivity index (χ3v) is 6.22. The van der Waals surface area contributed by atoms with Crippen molar-refractivity contribution in [3.05, 3.63) is 106 Å². The molecular weight excluding hydrogens is 471 g/mol. The Kier molecular flexibility index (Phi) is 5.82. The van der Waals surface area contributed by atoms with Gasteiger partial charge in [0.05, 0.1) is 30.5 Å². The van der Waals surface area contributed by atoms with Crippen LogP contribution in [0.15, 0.2) is 79.0 Å². The van der Waals surface area contributed by atoms with E-state index >= 15 is 0 Å². The lowest BCUT2D eigenvalue weighted by atomic mass is 9.97. The smallest absolute Gasteiger partial charge is 0.261 e. The van der Waals surface area contributed by atoms with Gasteiger partial charge in [0.2, 0.25) is 0 Å². The fraction of sp³-hybridized carbons (Fsp3) is 0.0741. The fourth-order valence-electron chi connectivity index (χ4n) is 4.08. The molecule has 2 amide bonds. The molecular formula is C27H18Cl2N2O3. The number of aromatic nitrogens is 1. The lowest BCUT2D eigenvalue weighted by molar-refractivity contribution is 0.0642. The van der Waals surface area contributed by atoms with Gasteiger partial charge >= 0.3 is 0 Å². The summed E-state index contributed by atoms with van der Waals surface area (Å²) in [4.78, 5) is 31.7. The Hall–Kier alpha value is -3.67. The Balaban J connectivity index is 1.59. The van der Waals surface area contributed by atoms with Crippen molar-refractivity contribution in [2.24, 2.45) is 0 Å². The van der Waals surface area contributed by atoms with Crippen LogP contribution in [0.1, 0.15) is 26.3 Å². The summed E-state index contributed by atoms with van der Waals surface area (Å²) in [5.41, 5.74) is 4.70. The topological polar surface area (TPSA) is 59.5 Å². The minimum atomic E-state index is -0.308. The molecule has 3 aromatic carbocycles. The highest BCUT2D eigenvalue weighted by atomic mass is 35.5. The number of pyridine rings is 1. The van der Waals surface area contributed by atoms with E-state index in [1.807, 2.05) is 24.3 Å². The first-order valence-corrected chi connectivity index (χ1v) is 11.3. The second-order valence-electron chi connectivity index (χ2n) is 7.83. The van der Waals surface area contributed by atoms with Crippen LogP contribution >= 0.6 is 23.2 Å². The van der Waals surface area contributed by atoms with Crippen molar-refractivity contribution in [2.75, 3.05) is 7.11 Å². The van der Waals surface area contributed by atoms with Crippen LogP contribution in [-0.4, -0.2) is 28.8 Å². The number of rotatable bonds is 5. The van der Waals surface area contributed by atoms with Gasteiger partial charge in [-0.2, -0.15) is 0 Å². The number of ether oxygens (including phenoxy) is 1. The van der Waals surface area contributed by atoms with Crippen LogP contribution < -0.4 is 4.74 Å². The van der Waals surface area contributed by atoms with Crippen molar-refractivity contribution in [1.82, 2.24) is 9.88 Å². The highest BCUT2D eigenvalue weighted by molar-refractivity contribution is 6.31. The third-order valence-electron chi connectivity index (χ3n) is 5.74. The highest BCUT2D eigenvalue weighted by Gasteiger charge is 2.35. The predicted octanol–water partition coefficient (Wildman–Crippen LogP) is 6.53. The van der Waals surface area contributed by atoms with E-state index in [0.717, 1.165) is 22.3 Å². The van der Waals surface area contributed by atoms with E-state index in [9.17, 15) is 9.59 Å². The molecule has 5 nitrogen and oxygen atoms in total. The molecule has 0 spiro atoms. The van der Waals surface area contributed by atoms with Crippen molar-refractivity contribution in [3.63, 3.8) is 0 Å². The van der Waals surface area contributed by atoms with Crippen molar-refractivity contribution < 1.29 is 14.3 Å². The number of imide groups is 1. The summed E-state index contributed by atoms with van der Waals surface area (Å²) in [6.07, 6.45) is 1.67. The number of methoxy groups -OCH3 is 1. The number of fused-ring (bicyclic) bond motifs is 1. The highest BCUT2D eigenvalue weighted by Crippen LogP contribution is 2.38. The van der Waals surface area contributed by atoms with Gasteiger partial charge in [-0.1, -0.05) is 47.5 Å². The van der Waals surface area contributed by atoms with Crippen molar-refractivity contribution >= 4 is 35.0 Å². The Morgan fingerprint density at radius 1 is 0.794 bits per heavy atom.